The fourth-order valence-electron chi connectivity index (χ4n) is 1.90. The molecule has 1 aromatic rings. The van der Waals surface area contributed by atoms with Crippen molar-refractivity contribution in [3.05, 3.63) is 23.9 Å². The van der Waals surface area contributed by atoms with Gasteiger partial charge in [-0.1, -0.05) is 45.1 Å². The Hall–Kier alpha value is -1.09. The molecule has 102 valence electrons. The highest BCUT2D eigenvalue weighted by molar-refractivity contribution is 5.17. The Morgan fingerprint density at radius 1 is 1.11 bits per heavy atom. The molecule has 0 aliphatic rings. The van der Waals surface area contributed by atoms with Crippen LogP contribution in [0.2, 0.25) is 0 Å². The SMILES string of the molecule is CCCCCCCCNCc1ccc(OC)nc1. The van der Waals surface area contributed by atoms with E-state index in [4.69, 9.17) is 4.74 Å². The second-order valence-electron chi connectivity index (χ2n) is 4.65. The minimum atomic E-state index is 0.676. The fraction of sp³-hybridized carbons (Fsp3) is 0.667. The monoisotopic (exact) mass is 250 g/mol. The highest BCUT2D eigenvalue weighted by atomic mass is 16.5. The van der Waals surface area contributed by atoms with Gasteiger partial charge in [0.15, 0.2) is 0 Å². The molecule has 0 saturated heterocycles. The molecule has 0 unspecified atom stereocenters. The van der Waals surface area contributed by atoms with E-state index in [2.05, 4.69) is 23.3 Å². The summed E-state index contributed by atoms with van der Waals surface area (Å²) in [7, 11) is 1.64. The van der Waals surface area contributed by atoms with E-state index < -0.39 is 0 Å². The summed E-state index contributed by atoms with van der Waals surface area (Å²) in [6.07, 6.45) is 9.94. The standard InChI is InChI=1S/C15H26N2O/c1-3-4-5-6-7-8-11-16-12-14-9-10-15(18-2)17-13-14/h9-10,13,16H,3-8,11-12H2,1-2H3. The molecule has 0 aromatic carbocycles. The summed E-state index contributed by atoms with van der Waals surface area (Å²) in [5, 5.41) is 3.45. The number of aromatic nitrogens is 1. The van der Waals surface area contributed by atoms with Crippen LogP contribution in [0.5, 0.6) is 5.88 Å². The molecule has 0 amide bonds. The molecular formula is C15H26N2O. The van der Waals surface area contributed by atoms with Gasteiger partial charge in [-0.3, -0.25) is 0 Å². The molecule has 3 nitrogen and oxygen atoms in total. The van der Waals surface area contributed by atoms with Crippen molar-refractivity contribution in [3.63, 3.8) is 0 Å². The molecule has 1 N–H and O–H groups in total. The molecule has 1 aromatic heterocycles. The molecule has 0 aliphatic carbocycles. The van der Waals surface area contributed by atoms with E-state index in [0.717, 1.165) is 13.1 Å². The minimum absolute atomic E-state index is 0.676. The van der Waals surface area contributed by atoms with Gasteiger partial charge in [0, 0.05) is 18.8 Å². The summed E-state index contributed by atoms with van der Waals surface area (Å²) in [5.41, 5.74) is 1.21. The van der Waals surface area contributed by atoms with Gasteiger partial charge in [-0.05, 0) is 18.5 Å². The summed E-state index contributed by atoms with van der Waals surface area (Å²) in [6, 6.07) is 3.96. The first kappa shape index (κ1) is 15.0. The molecular weight excluding hydrogens is 224 g/mol. The van der Waals surface area contributed by atoms with E-state index in [1.165, 1.54) is 44.1 Å². The van der Waals surface area contributed by atoms with Crippen LogP contribution >= 0.6 is 0 Å². The van der Waals surface area contributed by atoms with E-state index in [9.17, 15) is 0 Å². The highest BCUT2D eigenvalue weighted by Gasteiger charge is 1.95. The van der Waals surface area contributed by atoms with E-state index in [-0.39, 0.29) is 0 Å². The predicted octanol–water partition coefficient (Wildman–Crippen LogP) is 3.54. The number of hydrogen-bond donors (Lipinski definition) is 1. The maximum absolute atomic E-state index is 5.03. The van der Waals surface area contributed by atoms with Gasteiger partial charge in [0.05, 0.1) is 7.11 Å². The van der Waals surface area contributed by atoms with Crippen LogP contribution in [-0.2, 0) is 6.54 Å². The Labute approximate surface area is 111 Å². The third-order valence-corrected chi connectivity index (χ3v) is 3.04. The van der Waals surface area contributed by atoms with Crippen LogP contribution in [0, 0.1) is 0 Å². The summed E-state index contributed by atoms with van der Waals surface area (Å²) in [5.74, 6) is 0.676. The van der Waals surface area contributed by atoms with Gasteiger partial charge >= 0.3 is 0 Å². The first-order chi connectivity index (χ1) is 8.86. The summed E-state index contributed by atoms with van der Waals surface area (Å²) in [6.45, 7) is 4.24. The van der Waals surface area contributed by atoms with Crippen molar-refractivity contribution in [3.8, 4) is 5.88 Å². The maximum Gasteiger partial charge on any atom is 0.212 e. The third kappa shape index (κ3) is 6.60. The van der Waals surface area contributed by atoms with Crippen molar-refractivity contribution < 1.29 is 4.74 Å². The average Bonchev–Trinajstić information content (AvgIpc) is 2.42. The number of pyridine rings is 1. The topological polar surface area (TPSA) is 34.1 Å². The van der Waals surface area contributed by atoms with Crippen molar-refractivity contribution in [2.75, 3.05) is 13.7 Å². The molecule has 3 heteroatoms. The molecule has 1 heterocycles. The quantitative estimate of drug-likeness (QED) is 0.645. The number of unbranched alkanes of at least 4 members (excludes halogenated alkanes) is 5. The molecule has 0 atom stereocenters. The lowest BCUT2D eigenvalue weighted by atomic mass is 10.1. The first-order valence-corrected chi connectivity index (χ1v) is 7.06. The van der Waals surface area contributed by atoms with Crippen LogP contribution in [0.4, 0.5) is 0 Å². The predicted molar refractivity (Wildman–Crippen MR) is 75.9 cm³/mol. The van der Waals surface area contributed by atoms with Gasteiger partial charge in [0.2, 0.25) is 5.88 Å². The van der Waals surface area contributed by atoms with Crippen LogP contribution in [0.1, 0.15) is 51.0 Å². The molecule has 18 heavy (non-hydrogen) atoms. The van der Waals surface area contributed by atoms with Gasteiger partial charge in [0.1, 0.15) is 0 Å². The zero-order chi connectivity index (χ0) is 13.1. The Morgan fingerprint density at radius 3 is 2.56 bits per heavy atom. The van der Waals surface area contributed by atoms with Crippen molar-refractivity contribution in [2.24, 2.45) is 0 Å². The van der Waals surface area contributed by atoms with Crippen LogP contribution in [0.15, 0.2) is 18.3 Å². The van der Waals surface area contributed by atoms with Gasteiger partial charge < -0.3 is 10.1 Å². The van der Waals surface area contributed by atoms with Crippen molar-refractivity contribution in [2.45, 2.75) is 52.0 Å². The van der Waals surface area contributed by atoms with Crippen molar-refractivity contribution >= 4 is 0 Å². The molecule has 0 saturated carbocycles. The molecule has 0 radical (unpaired) electrons. The highest BCUT2D eigenvalue weighted by Crippen LogP contribution is 2.07. The zero-order valence-corrected chi connectivity index (χ0v) is 11.7. The van der Waals surface area contributed by atoms with E-state index in [1.54, 1.807) is 7.11 Å². The normalized spacial score (nSPS) is 10.6. The number of nitrogens with zero attached hydrogens (tertiary/aromatic N) is 1. The van der Waals surface area contributed by atoms with Gasteiger partial charge in [-0.25, -0.2) is 4.98 Å². The second-order valence-corrected chi connectivity index (χ2v) is 4.65. The number of methoxy groups -OCH3 is 1. The fourth-order valence-corrected chi connectivity index (χ4v) is 1.90. The first-order valence-electron chi connectivity index (χ1n) is 7.06. The van der Waals surface area contributed by atoms with Gasteiger partial charge in [-0.15, -0.1) is 0 Å². The summed E-state index contributed by atoms with van der Waals surface area (Å²) in [4.78, 5) is 4.18. The lowest BCUT2D eigenvalue weighted by Gasteiger charge is -2.05. The van der Waals surface area contributed by atoms with E-state index in [1.807, 2.05) is 12.3 Å². The lowest BCUT2D eigenvalue weighted by Crippen LogP contribution is -2.14. The van der Waals surface area contributed by atoms with Crippen LogP contribution < -0.4 is 10.1 Å². The number of nitrogens with one attached hydrogen (secondary N) is 1. The molecule has 0 spiro atoms. The van der Waals surface area contributed by atoms with Crippen molar-refractivity contribution in [1.29, 1.82) is 0 Å². The number of ether oxygens (including phenoxy) is 1. The second kappa shape index (κ2) is 9.89. The lowest BCUT2D eigenvalue weighted by molar-refractivity contribution is 0.397. The zero-order valence-electron chi connectivity index (χ0n) is 11.7. The minimum Gasteiger partial charge on any atom is -0.481 e. The summed E-state index contributed by atoms with van der Waals surface area (Å²) >= 11 is 0. The number of rotatable bonds is 10. The average molecular weight is 250 g/mol. The maximum atomic E-state index is 5.03. The Balaban J connectivity index is 2.00. The van der Waals surface area contributed by atoms with Crippen LogP contribution in [-0.4, -0.2) is 18.6 Å². The van der Waals surface area contributed by atoms with Gasteiger partial charge in [-0.2, -0.15) is 0 Å². The Morgan fingerprint density at radius 2 is 1.89 bits per heavy atom. The van der Waals surface area contributed by atoms with E-state index in [0.29, 0.717) is 5.88 Å². The molecule has 0 fully saturated rings. The van der Waals surface area contributed by atoms with E-state index >= 15 is 0 Å². The Kier molecular flexibility index (Phi) is 8.23. The Bertz CT molecular complexity index is 298. The van der Waals surface area contributed by atoms with Crippen LogP contribution in [0.25, 0.3) is 0 Å². The smallest absolute Gasteiger partial charge is 0.212 e. The largest absolute Gasteiger partial charge is 0.481 e. The molecule has 1 rings (SSSR count). The van der Waals surface area contributed by atoms with Crippen LogP contribution in [0.3, 0.4) is 0 Å². The summed E-state index contributed by atoms with van der Waals surface area (Å²) < 4.78 is 5.03. The van der Waals surface area contributed by atoms with Crippen molar-refractivity contribution in [1.82, 2.24) is 10.3 Å². The molecule has 0 aliphatic heterocycles. The third-order valence-electron chi connectivity index (χ3n) is 3.04. The number of hydrogen-bond acceptors (Lipinski definition) is 3. The molecule has 0 bridgehead atoms. The van der Waals surface area contributed by atoms with Gasteiger partial charge in [0.25, 0.3) is 0 Å².